The Bertz CT molecular complexity index is 823. The highest BCUT2D eigenvalue weighted by atomic mass is 35.5. The van der Waals surface area contributed by atoms with Crippen LogP contribution in [-0.2, 0) is 11.2 Å². The van der Waals surface area contributed by atoms with Crippen molar-refractivity contribution >= 4 is 23.4 Å². The molecule has 142 valence electrons. The van der Waals surface area contributed by atoms with Crippen molar-refractivity contribution in [3.8, 4) is 0 Å². The zero-order chi connectivity index (χ0) is 19.4. The maximum Gasteiger partial charge on any atom is 0.256 e. The van der Waals surface area contributed by atoms with Crippen molar-refractivity contribution in [3.63, 3.8) is 0 Å². The van der Waals surface area contributed by atoms with Gasteiger partial charge in [-0.3, -0.25) is 9.59 Å². The van der Waals surface area contributed by atoms with Gasteiger partial charge in [0.25, 0.3) is 5.91 Å². The molecule has 0 unspecified atom stereocenters. The number of hydrogen-bond acceptors (Lipinski definition) is 3. The van der Waals surface area contributed by atoms with Gasteiger partial charge < -0.3 is 15.5 Å². The molecule has 1 aliphatic rings. The fourth-order valence-electron chi connectivity index (χ4n) is 3.15. The monoisotopic (exact) mass is 389 g/mol. The van der Waals surface area contributed by atoms with Crippen molar-refractivity contribution in [2.75, 3.05) is 26.2 Å². The Labute approximate surface area is 162 Å². The number of nitrogens with zero attached hydrogens (tertiary/aromatic N) is 2. The van der Waals surface area contributed by atoms with Crippen molar-refractivity contribution in [1.29, 1.82) is 0 Å². The fraction of sp³-hybridized carbons (Fsp3) is 0.300. The van der Waals surface area contributed by atoms with Crippen LogP contribution in [0.1, 0.15) is 15.9 Å². The zero-order valence-corrected chi connectivity index (χ0v) is 15.5. The molecule has 1 saturated heterocycles. The van der Waals surface area contributed by atoms with Crippen LogP contribution in [0.15, 0.2) is 48.5 Å². The molecule has 27 heavy (non-hydrogen) atoms. The van der Waals surface area contributed by atoms with Crippen LogP contribution in [0.5, 0.6) is 0 Å². The molecule has 5 nitrogen and oxygen atoms in total. The lowest BCUT2D eigenvalue weighted by atomic mass is 10.1. The molecule has 0 saturated carbocycles. The van der Waals surface area contributed by atoms with Gasteiger partial charge in [0.2, 0.25) is 5.91 Å². The summed E-state index contributed by atoms with van der Waals surface area (Å²) in [7, 11) is 0. The van der Waals surface area contributed by atoms with E-state index >= 15 is 0 Å². The SMILES string of the molecule is N[C@@H](Cc1ccccc1)C(=O)N1CCN(C(=O)c2ccc(Cl)cc2F)CC1. The summed E-state index contributed by atoms with van der Waals surface area (Å²) in [5.41, 5.74) is 7.06. The summed E-state index contributed by atoms with van der Waals surface area (Å²) in [6, 6.07) is 13.0. The lowest BCUT2D eigenvalue weighted by Gasteiger charge is -2.36. The minimum absolute atomic E-state index is 0.0139. The normalized spacial score (nSPS) is 15.5. The maximum absolute atomic E-state index is 14.0. The van der Waals surface area contributed by atoms with Gasteiger partial charge in [-0.05, 0) is 30.2 Å². The molecule has 0 spiro atoms. The summed E-state index contributed by atoms with van der Waals surface area (Å²) in [6.07, 6.45) is 0.467. The molecule has 2 aromatic carbocycles. The molecule has 1 atom stereocenters. The molecule has 1 aliphatic heterocycles. The van der Waals surface area contributed by atoms with E-state index in [9.17, 15) is 14.0 Å². The molecule has 2 N–H and O–H groups in total. The number of piperazine rings is 1. The molecule has 1 fully saturated rings. The highest BCUT2D eigenvalue weighted by Crippen LogP contribution is 2.17. The third kappa shape index (κ3) is 4.64. The van der Waals surface area contributed by atoms with E-state index in [2.05, 4.69) is 0 Å². The van der Waals surface area contributed by atoms with Crippen LogP contribution in [0.3, 0.4) is 0 Å². The number of hydrogen-bond donors (Lipinski definition) is 1. The summed E-state index contributed by atoms with van der Waals surface area (Å²) in [6.45, 7) is 1.43. The van der Waals surface area contributed by atoms with Crippen LogP contribution in [0.4, 0.5) is 4.39 Å². The Morgan fingerprint density at radius 3 is 2.30 bits per heavy atom. The van der Waals surface area contributed by atoms with E-state index in [1.54, 1.807) is 9.80 Å². The molecule has 0 bridgehead atoms. The van der Waals surface area contributed by atoms with Gasteiger partial charge in [-0.2, -0.15) is 0 Å². The lowest BCUT2D eigenvalue weighted by molar-refractivity contribution is -0.134. The minimum atomic E-state index is -0.643. The average molecular weight is 390 g/mol. The van der Waals surface area contributed by atoms with Crippen molar-refractivity contribution in [2.24, 2.45) is 5.73 Å². The first kappa shape index (κ1) is 19.3. The van der Waals surface area contributed by atoms with Crippen LogP contribution in [0.25, 0.3) is 0 Å². The van der Waals surface area contributed by atoms with Crippen molar-refractivity contribution in [3.05, 3.63) is 70.5 Å². The largest absolute Gasteiger partial charge is 0.338 e. The van der Waals surface area contributed by atoms with E-state index in [1.807, 2.05) is 30.3 Å². The second-order valence-corrected chi connectivity index (χ2v) is 6.97. The van der Waals surface area contributed by atoms with E-state index in [0.29, 0.717) is 32.6 Å². The van der Waals surface area contributed by atoms with E-state index < -0.39 is 17.8 Å². The first-order valence-corrected chi connectivity index (χ1v) is 9.16. The molecule has 0 radical (unpaired) electrons. The van der Waals surface area contributed by atoms with Gasteiger partial charge in [0.1, 0.15) is 5.82 Å². The number of halogens is 2. The van der Waals surface area contributed by atoms with E-state index in [0.717, 1.165) is 11.6 Å². The topological polar surface area (TPSA) is 66.6 Å². The lowest BCUT2D eigenvalue weighted by Crippen LogP contribution is -2.54. The molecule has 0 aliphatic carbocycles. The number of carbonyl (C=O) groups is 2. The van der Waals surface area contributed by atoms with Crippen LogP contribution >= 0.6 is 11.6 Å². The average Bonchev–Trinajstić information content (AvgIpc) is 2.68. The van der Waals surface area contributed by atoms with Crippen molar-refractivity contribution in [1.82, 2.24) is 9.80 Å². The van der Waals surface area contributed by atoms with E-state index in [-0.39, 0.29) is 16.5 Å². The molecule has 1 heterocycles. The first-order chi connectivity index (χ1) is 13.0. The van der Waals surface area contributed by atoms with Crippen molar-refractivity contribution < 1.29 is 14.0 Å². The highest BCUT2D eigenvalue weighted by molar-refractivity contribution is 6.30. The van der Waals surface area contributed by atoms with Gasteiger partial charge in [0, 0.05) is 31.2 Å². The molecule has 3 rings (SSSR count). The van der Waals surface area contributed by atoms with Gasteiger partial charge in [0.15, 0.2) is 0 Å². The molecular weight excluding hydrogens is 369 g/mol. The second-order valence-electron chi connectivity index (χ2n) is 6.54. The van der Waals surface area contributed by atoms with E-state index in [4.69, 9.17) is 17.3 Å². The maximum atomic E-state index is 14.0. The number of carbonyl (C=O) groups excluding carboxylic acids is 2. The number of rotatable bonds is 4. The Kier molecular flexibility index (Phi) is 6.08. The molecule has 0 aromatic heterocycles. The smallest absolute Gasteiger partial charge is 0.256 e. The predicted molar refractivity (Wildman–Crippen MR) is 102 cm³/mol. The van der Waals surface area contributed by atoms with Gasteiger partial charge in [-0.1, -0.05) is 41.9 Å². The Hall–Kier alpha value is -2.44. The predicted octanol–water partition coefficient (Wildman–Crippen LogP) is 2.33. The molecule has 2 aromatic rings. The van der Waals surface area contributed by atoms with Gasteiger partial charge in [0.05, 0.1) is 11.6 Å². The summed E-state index contributed by atoms with van der Waals surface area (Å²) in [4.78, 5) is 28.3. The van der Waals surface area contributed by atoms with Gasteiger partial charge in [-0.15, -0.1) is 0 Å². The van der Waals surface area contributed by atoms with Crippen LogP contribution in [0.2, 0.25) is 5.02 Å². The molecule has 7 heteroatoms. The number of amides is 2. The molecular formula is C20H21ClFN3O2. The first-order valence-electron chi connectivity index (χ1n) is 8.78. The van der Waals surface area contributed by atoms with Crippen LogP contribution in [0, 0.1) is 5.82 Å². The van der Waals surface area contributed by atoms with Crippen LogP contribution < -0.4 is 5.73 Å². The standard InChI is InChI=1S/C20H21ClFN3O2/c21-15-6-7-16(17(22)13-15)19(26)24-8-10-25(11-9-24)20(27)18(23)12-14-4-2-1-3-5-14/h1-7,13,18H,8-12,23H2/t18-/m0/s1. The van der Waals surface area contributed by atoms with Gasteiger partial charge >= 0.3 is 0 Å². The summed E-state index contributed by atoms with van der Waals surface area (Å²) in [5.74, 6) is -1.18. The van der Waals surface area contributed by atoms with Gasteiger partial charge in [-0.25, -0.2) is 4.39 Å². The summed E-state index contributed by atoms with van der Waals surface area (Å²) in [5, 5.41) is 0.242. The number of benzene rings is 2. The Balaban J connectivity index is 1.56. The molecule has 2 amide bonds. The minimum Gasteiger partial charge on any atom is -0.338 e. The third-order valence-corrected chi connectivity index (χ3v) is 4.89. The Morgan fingerprint density at radius 1 is 1.04 bits per heavy atom. The van der Waals surface area contributed by atoms with E-state index in [1.165, 1.54) is 12.1 Å². The van der Waals surface area contributed by atoms with Crippen LogP contribution in [-0.4, -0.2) is 53.8 Å². The van der Waals surface area contributed by atoms with Crippen molar-refractivity contribution in [2.45, 2.75) is 12.5 Å². The quantitative estimate of drug-likeness (QED) is 0.872. The third-order valence-electron chi connectivity index (χ3n) is 4.66. The zero-order valence-electron chi connectivity index (χ0n) is 14.8. The summed E-state index contributed by atoms with van der Waals surface area (Å²) < 4.78 is 14.0. The number of nitrogens with two attached hydrogens (primary N) is 1. The Morgan fingerprint density at radius 2 is 1.67 bits per heavy atom. The second kappa shape index (κ2) is 8.50. The summed E-state index contributed by atoms with van der Waals surface area (Å²) >= 11 is 5.73. The fourth-order valence-corrected chi connectivity index (χ4v) is 3.31. The highest BCUT2D eigenvalue weighted by Gasteiger charge is 2.28.